The molecule has 3 heterocycles. The van der Waals surface area contributed by atoms with Crippen molar-refractivity contribution in [3.8, 4) is 0 Å². The number of hydrogen-bond acceptors (Lipinski definition) is 5. The van der Waals surface area contributed by atoms with Gasteiger partial charge in [-0.2, -0.15) is 0 Å². The Morgan fingerprint density at radius 2 is 2.04 bits per heavy atom. The van der Waals surface area contributed by atoms with Crippen LogP contribution >= 0.6 is 0 Å². The second-order valence-electron chi connectivity index (χ2n) is 6.84. The normalized spacial score (nSPS) is 18.9. The molecule has 1 aliphatic heterocycles. The molecule has 2 aromatic heterocycles. The summed E-state index contributed by atoms with van der Waals surface area (Å²) in [5, 5.41) is 3.41. The van der Waals surface area contributed by atoms with Gasteiger partial charge in [0.1, 0.15) is 5.60 Å². The van der Waals surface area contributed by atoms with Crippen molar-refractivity contribution in [2.24, 2.45) is 0 Å². The first kappa shape index (κ1) is 15.6. The number of nitrogens with zero attached hydrogens (tertiary/aromatic N) is 4. The summed E-state index contributed by atoms with van der Waals surface area (Å²) in [5.74, 6) is 0.744. The number of nitrogens with one attached hydrogen (secondary N) is 1. The van der Waals surface area contributed by atoms with E-state index in [1.54, 1.807) is 17.3 Å². The zero-order chi connectivity index (χ0) is 16.4. The summed E-state index contributed by atoms with van der Waals surface area (Å²) in [7, 11) is 0. The van der Waals surface area contributed by atoms with Crippen molar-refractivity contribution in [3.63, 3.8) is 0 Å². The van der Waals surface area contributed by atoms with E-state index < -0.39 is 5.60 Å². The van der Waals surface area contributed by atoms with Gasteiger partial charge in [-0.1, -0.05) is 0 Å². The van der Waals surface area contributed by atoms with Crippen LogP contribution in [0.3, 0.4) is 0 Å². The van der Waals surface area contributed by atoms with Crippen LogP contribution < -0.4 is 5.32 Å². The number of carbonyl (C=O) groups is 1. The van der Waals surface area contributed by atoms with Crippen molar-refractivity contribution in [1.29, 1.82) is 0 Å². The molecule has 1 N–H and O–H groups in total. The van der Waals surface area contributed by atoms with E-state index in [0.717, 1.165) is 30.9 Å². The summed E-state index contributed by atoms with van der Waals surface area (Å²) in [6, 6.07) is 0.145. The molecule has 23 heavy (non-hydrogen) atoms. The number of rotatable bonds is 2. The maximum atomic E-state index is 12.2. The van der Waals surface area contributed by atoms with E-state index in [-0.39, 0.29) is 12.1 Å². The number of carbonyl (C=O) groups excluding carboxylic acids is 1. The maximum absolute atomic E-state index is 12.2. The van der Waals surface area contributed by atoms with Gasteiger partial charge < -0.3 is 19.4 Å². The number of amides is 1. The Labute approximate surface area is 135 Å². The minimum Gasteiger partial charge on any atom is -0.444 e. The van der Waals surface area contributed by atoms with E-state index in [1.807, 2.05) is 37.6 Å². The molecule has 7 heteroatoms. The number of hydrogen-bond donors (Lipinski definition) is 1. The van der Waals surface area contributed by atoms with Gasteiger partial charge in [0.2, 0.25) is 0 Å². The van der Waals surface area contributed by atoms with Crippen LogP contribution in [0.1, 0.15) is 33.6 Å². The van der Waals surface area contributed by atoms with Crippen LogP contribution in [0.5, 0.6) is 0 Å². The molecule has 124 valence electrons. The molecule has 7 nitrogen and oxygen atoms in total. The number of likely N-dealkylation sites (tertiary alicyclic amines) is 1. The first-order valence-corrected chi connectivity index (χ1v) is 7.94. The predicted molar refractivity (Wildman–Crippen MR) is 87.4 cm³/mol. The molecule has 0 unspecified atom stereocenters. The van der Waals surface area contributed by atoms with Gasteiger partial charge >= 0.3 is 6.09 Å². The third kappa shape index (κ3) is 3.72. The van der Waals surface area contributed by atoms with Crippen molar-refractivity contribution < 1.29 is 9.53 Å². The highest BCUT2D eigenvalue weighted by molar-refractivity contribution is 5.68. The largest absolute Gasteiger partial charge is 0.444 e. The first-order chi connectivity index (χ1) is 10.9. The number of anilines is 1. The SMILES string of the molecule is CC(C)(C)OC(=O)N1CCC[C@@H](Nc2nccn3ccnc23)C1. The molecular formula is C16H23N5O2. The van der Waals surface area contributed by atoms with Crippen molar-refractivity contribution in [3.05, 3.63) is 24.8 Å². The number of fused-ring (bicyclic) bond motifs is 1. The predicted octanol–water partition coefficient (Wildman–Crippen LogP) is 2.54. The number of aromatic nitrogens is 3. The monoisotopic (exact) mass is 317 g/mol. The topological polar surface area (TPSA) is 71.8 Å². The molecule has 1 fully saturated rings. The lowest BCUT2D eigenvalue weighted by Crippen LogP contribution is -2.47. The second kappa shape index (κ2) is 6.06. The average molecular weight is 317 g/mol. The highest BCUT2D eigenvalue weighted by Gasteiger charge is 2.28. The van der Waals surface area contributed by atoms with Crippen molar-refractivity contribution >= 4 is 17.6 Å². The van der Waals surface area contributed by atoms with Crippen LogP contribution in [-0.4, -0.2) is 50.1 Å². The minimum absolute atomic E-state index is 0.145. The summed E-state index contributed by atoms with van der Waals surface area (Å²) in [5.41, 5.74) is 0.322. The van der Waals surface area contributed by atoms with Crippen LogP contribution in [0.4, 0.5) is 10.6 Å². The fourth-order valence-electron chi connectivity index (χ4n) is 2.74. The third-order valence-electron chi connectivity index (χ3n) is 3.73. The molecule has 3 rings (SSSR count). The van der Waals surface area contributed by atoms with Gasteiger partial charge in [-0.3, -0.25) is 0 Å². The first-order valence-electron chi connectivity index (χ1n) is 7.94. The Morgan fingerprint density at radius 1 is 1.30 bits per heavy atom. The Morgan fingerprint density at radius 3 is 2.78 bits per heavy atom. The van der Waals surface area contributed by atoms with Crippen LogP contribution in [0.15, 0.2) is 24.8 Å². The van der Waals surface area contributed by atoms with Gasteiger partial charge in [-0.15, -0.1) is 0 Å². The molecule has 0 radical (unpaired) electrons. The van der Waals surface area contributed by atoms with Crippen molar-refractivity contribution in [1.82, 2.24) is 19.3 Å². The molecule has 0 aliphatic carbocycles. The van der Waals surface area contributed by atoms with E-state index in [2.05, 4.69) is 15.3 Å². The molecule has 1 amide bonds. The van der Waals surface area contributed by atoms with E-state index in [4.69, 9.17) is 4.74 Å². The van der Waals surface area contributed by atoms with Crippen LogP contribution in [0.25, 0.3) is 5.65 Å². The fraction of sp³-hybridized carbons (Fsp3) is 0.562. The van der Waals surface area contributed by atoms with Gasteiger partial charge in [0.25, 0.3) is 0 Å². The Bertz CT molecular complexity index is 691. The molecular weight excluding hydrogens is 294 g/mol. The summed E-state index contributed by atoms with van der Waals surface area (Å²) in [4.78, 5) is 22.7. The van der Waals surface area contributed by atoms with Crippen molar-refractivity contribution in [2.75, 3.05) is 18.4 Å². The Hall–Kier alpha value is -2.31. The van der Waals surface area contributed by atoms with E-state index in [1.165, 1.54) is 0 Å². The molecule has 0 bridgehead atoms. The van der Waals surface area contributed by atoms with Gasteiger partial charge in [0, 0.05) is 43.9 Å². The average Bonchev–Trinajstić information content (AvgIpc) is 2.95. The third-order valence-corrected chi connectivity index (χ3v) is 3.73. The summed E-state index contributed by atoms with van der Waals surface area (Å²) >= 11 is 0. The number of ether oxygens (including phenoxy) is 1. The van der Waals surface area contributed by atoms with Crippen molar-refractivity contribution in [2.45, 2.75) is 45.3 Å². The van der Waals surface area contributed by atoms with E-state index in [0.29, 0.717) is 6.54 Å². The lowest BCUT2D eigenvalue weighted by Gasteiger charge is -2.34. The highest BCUT2D eigenvalue weighted by atomic mass is 16.6. The minimum atomic E-state index is -0.472. The number of piperidine rings is 1. The highest BCUT2D eigenvalue weighted by Crippen LogP contribution is 2.19. The fourth-order valence-corrected chi connectivity index (χ4v) is 2.74. The Balaban J connectivity index is 1.67. The number of imidazole rings is 1. The molecule has 1 aliphatic rings. The molecule has 1 atom stereocenters. The zero-order valence-electron chi connectivity index (χ0n) is 13.8. The lowest BCUT2D eigenvalue weighted by molar-refractivity contribution is 0.0206. The summed E-state index contributed by atoms with van der Waals surface area (Å²) in [6.45, 7) is 6.99. The zero-order valence-corrected chi connectivity index (χ0v) is 13.8. The van der Waals surface area contributed by atoms with Gasteiger partial charge in [-0.25, -0.2) is 14.8 Å². The van der Waals surface area contributed by atoms with E-state index >= 15 is 0 Å². The molecule has 0 spiro atoms. The Kier molecular flexibility index (Phi) is 4.11. The second-order valence-corrected chi connectivity index (χ2v) is 6.84. The van der Waals surface area contributed by atoms with Crippen LogP contribution in [-0.2, 0) is 4.74 Å². The quantitative estimate of drug-likeness (QED) is 0.921. The standard InChI is InChI=1S/C16H23N5O2/c1-16(2,3)23-15(22)21-8-4-5-12(11-21)19-13-14-18-7-10-20(14)9-6-17-13/h6-7,9-10,12H,4-5,8,11H2,1-3H3,(H,17,19)/t12-/m1/s1. The van der Waals surface area contributed by atoms with Gasteiger partial charge in [0.05, 0.1) is 0 Å². The molecule has 0 saturated carbocycles. The molecule has 2 aromatic rings. The summed E-state index contributed by atoms with van der Waals surface area (Å²) in [6.07, 6.45) is 8.91. The summed E-state index contributed by atoms with van der Waals surface area (Å²) < 4.78 is 7.38. The molecule has 0 aromatic carbocycles. The maximum Gasteiger partial charge on any atom is 0.410 e. The van der Waals surface area contributed by atoms with Gasteiger partial charge in [-0.05, 0) is 33.6 Å². The smallest absolute Gasteiger partial charge is 0.410 e. The van der Waals surface area contributed by atoms with Gasteiger partial charge in [0.15, 0.2) is 11.5 Å². The molecule has 1 saturated heterocycles. The van der Waals surface area contributed by atoms with E-state index in [9.17, 15) is 4.79 Å². The van der Waals surface area contributed by atoms with Crippen LogP contribution in [0.2, 0.25) is 0 Å². The van der Waals surface area contributed by atoms with Crippen LogP contribution in [0, 0.1) is 0 Å². The lowest BCUT2D eigenvalue weighted by atomic mass is 10.1.